The standard InChI is InChI=1S/C40H68N2O31/c1-9(47)41-17-23(53)32(13(5-45)65-35(17)62)71-38-30(60)27(57)22(52)16(70-38)8-64-40-34(28(58)20(50)12(4-44)67-40)73-36-18(42-10(2)48)24(54)33(14(6-46)68-36)72-39-31(61)26(56)21(51)15(69-39)7-63-37-29(59)25(55)19(49)11(3-43)66-37/h11-40,43-46,49-62H,3-8H2,1-2H3,(H,41,47)(H,42,48)/t11-,12-,13-,14-,15-,16-,17-,18-,19+,20-,21+,22-,23-,24-,25+,26+,27+,28+,29-,30+,31-,32-,33-,34+,35?,36+,37-,38+,39+,40+/m1/s1. The number of rotatable bonds is 18. The highest BCUT2D eigenvalue weighted by atomic mass is 16.8. The quantitative estimate of drug-likeness (QED) is 0.0606. The van der Waals surface area contributed by atoms with Gasteiger partial charge in [0.15, 0.2) is 37.7 Å². The van der Waals surface area contributed by atoms with Crippen LogP contribution in [0.25, 0.3) is 0 Å². The summed E-state index contributed by atoms with van der Waals surface area (Å²) >= 11 is 0. The fourth-order valence-electron chi connectivity index (χ4n) is 9.10. The van der Waals surface area contributed by atoms with E-state index in [1.165, 1.54) is 0 Å². The van der Waals surface area contributed by atoms with Crippen LogP contribution >= 0.6 is 0 Å². The van der Waals surface area contributed by atoms with Gasteiger partial charge < -0.3 is 155 Å². The van der Waals surface area contributed by atoms with Gasteiger partial charge in [-0.15, -0.1) is 0 Å². The minimum Gasteiger partial charge on any atom is -0.394 e. The van der Waals surface area contributed by atoms with Crippen molar-refractivity contribution in [3.05, 3.63) is 0 Å². The Balaban J connectivity index is 1.17. The van der Waals surface area contributed by atoms with Crippen LogP contribution in [0, 0.1) is 0 Å². The van der Waals surface area contributed by atoms with Gasteiger partial charge in [0.05, 0.1) is 39.6 Å². The van der Waals surface area contributed by atoms with Crippen molar-refractivity contribution in [1.29, 1.82) is 0 Å². The molecule has 6 aliphatic heterocycles. The lowest BCUT2D eigenvalue weighted by Crippen LogP contribution is -2.69. The number of carbonyl (C=O) groups excluding carboxylic acids is 2. The van der Waals surface area contributed by atoms with Gasteiger partial charge in [-0.05, 0) is 0 Å². The predicted octanol–water partition coefficient (Wildman–Crippen LogP) is -13.8. The van der Waals surface area contributed by atoms with Crippen LogP contribution in [-0.2, 0) is 61.7 Å². The van der Waals surface area contributed by atoms with E-state index in [0.29, 0.717) is 0 Å². The van der Waals surface area contributed by atoms with Crippen LogP contribution in [-0.4, -0.2) is 327 Å². The molecule has 6 heterocycles. The van der Waals surface area contributed by atoms with Crippen LogP contribution in [0.1, 0.15) is 13.8 Å². The first-order valence-electron chi connectivity index (χ1n) is 23.1. The van der Waals surface area contributed by atoms with Crippen molar-refractivity contribution in [3.63, 3.8) is 0 Å². The highest BCUT2D eigenvalue weighted by molar-refractivity contribution is 5.73. The number of carbonyl (C=O) groups is 2. The monoisotopic (exact) mass is 1070 g/mol. The predicted molar refractivity (Wildman–Crippen MR) is 222 cm³/mol. The van der Waals surface area contributed by atoms with E-state index in [1.54, 1.807) is 0 Å². The van der Waals surface area contributed by atoms with E-state index >= 15 is 0 Å². The van der Waals surface area contributed by atoms with Gasteiger partial charge in [-0.1, -0.05) is 0 Å². The third-order valence-corrected chi connectivity index (χ3v) is 13.2. The molecule has 0 radical (unpaired) electrons. The molecule has 1 unspecified atom stereocenters. The zero-order valence-electron chi connectivity index (χ0n) is 38.9. The van der Waals surface area contributed by atoms with E-state index in [0.717, 1.165) is 13.8 Å². The van der Waals surface area contributed by atoms with Gasteiger partial charge in [-0.25, -0.2) is 0 Å². The van der Waals surface area contributed by atoms with Crippen molar-refractivity contribution in [2.24, 2.45) is 0 Å². The summed E-state index contributed by atoms with van der Waals surface area (Å²) in [7, 11) is 0. The van der Waals surface area contributed by atoms with Crippen LogP contribution in [0.3, 0.4) is 0 Å². The first kappa shape index (κ1) is 60.0. The fourth-order valence-corrected chi connectivity index (χ4v) is 9.10. The molecule has 424 valence electrons. The topological polar surface area (TPSA) is 524 Å². The van der Waals surface area contributed by atoms with Crippen LogP contribution < -0.4 is 10.6 Å². The van der Waals surface area contributed by atoms with Crippen LogP contribution in [0.2, 0.25) is 0 Å². The first-order chi connectivity index (χ1) is 34.5. The van der Waals surface area contributed by atoms with Gasteiger partial charge in [-0.3, -0.25) is 9.59 Å². The molecule has 0 bridgehead atoms. The summed E-state index contributed by atoms with van der Waals surface area (Å²) in [5.41, 5.74) is 0. The van der Waals surface area contributed by atoms with Gasteiger partial charge in [-0.2, -0.15) is 0 Å². The molecule has 6 saturated heterocycles. The minimum absolute atomic E-state index is 0.706. The van der Waals surface area contributed by atoms with Gasteiger partial charge in [0.25, 0.3) is 0 Å². The molecule has 33 heteroatoms. The molecule has 0 aliphatic carbocycles. The van der Waals surface area contributed by atoms with E-state index in [-0.39, 0.29) is 0 Å². The first-order valence-corrected chi connectivity index (χ1v) is 23.1. The Bertz CT molecular complexity index is 1750. The number of amides is 2. The molecule has 0 saturated carbocycles. The summed E-state index contributed by atoms with van der Waals surface area (Å²) in [6.45, 7) is -3.26. The largest absolute Gasteiger partial charge is 0.394 e. The molecule has 0 aromatic carbocycles. The van der Waals surface area contributed by atoms with Gasteiger partial charge >= 0.3 is 0 Å². The zero-order chi connectivity index (χ0) is 53.9. The Morgan fingerprint density at radius 2 is 0.699 bits per heavy atom. The maximum Gasteiger partial charge on any atom is 0.217 e. The Morgan fingerprint density at radius 1 is 0.356 bits per heavy atom. The third kappa shape index (κ3) is 13.2. The molecule has 33 nitrogen and oxygen atoms in total. The maximum atomic E-state index is 12.6. The number of hydrogen-bond acceptors (Lipinski definition) is 31. The normalized spacial score (nSPS) is 49.8. The molecule has 0 aromatic rings. The Labute approximate surface area is 413 Å². The summed E-state index contributed by atoms with van der Waals surface area (Å²) in [6.07, 6.45) is -52.2. The minimum atomic E-state index is -2.11. The average Bonchev–Trinajstić information content (AvgIpc) is 3.35. The fraction of sp³-hybridized carbons (Fsp3) is 0.950. The lowest BCUT2D eigenvalue weighted by atomic mass is 9.94. The van der Waals surface area contributed by atoms with Gasteiger partial charge in [0.2, 0.25) is 11.8 Å². The molecule has 2 amide bonds. The van der Waals surface area contributed by atoms with Crippen molar-refractivity contribution in [2.45, 2.75) is 198 Å². The third-order valence-electron chi connectivity index (χ3n) is 13.2. The molecule has 20 N–H and O–H groups in total. The molecule has 6 fully saturated rings. The Morgan fingerprint density at radius 3 is 1.16 bits per heavy atom. The summed E-state index contributed by atoms with van der Waals surface area (Å²) in [5, 5.41) is 196. The molecule has 0 spiro atoms. The van der Waals surface area contributed by atoms with Crippen molar-refractivity contribution < 1.29 is 154 Å². The van der Waals surface area contributed by atoms with E-state index in [9.17, 15) is 102 Å². The number of ether oxygens (including phenoxy) is 11. The molecule has 30 atom stereocenters. The second kappa shape index (κ2) is 26.0. The smallest absolute Gasteiger partial charge is 0.217 e. The number of hydrogen-bond donors (Lipinski definition) is 20. The molecular formula is C40H68N2O31. The summed E-state index contributed by atoms with van der Waals surface area (Å²) in [6, 6.07) is -3.30. The van der Waals surface area contributed by atoms with E-state index < -0.39 is 236 Å². The number of aliphatic hydroxyl groups excluding tert-OH is 18. The highest BCUT2D eigenvalue weighted by Gasteiger charge is 2.56. The lowest BCUT2D eigenvalue weighted by Gasteiger charge is -2.49. The van der Waals surface area contributed by atoms with Crippen LogP contribution in [0.15, 0.2) is 0 Å². The second-order valence-electron chi connectivity index (χ2n) is 18.3. The van der Waals surface area contributed by atoms with Crippen LogP contribution in [0.5, 0.6) is 0 Å². The SMILES string of the molecule is CC(=O)N[C@H]1[C@H](O[C@@H]2[C@@H](OC[C@H]3O[C@@H](O[C@H]4[C@H](O)[C@@H](NC(C)=O)C(O)O[C@@H]4CO)[C@@H](O)[C@@H](O)[C@@H]3O)O[C@H](CO)[C@@H](O)[C@@H]2O)O[C@H](CO)[C@@H](O[C@@H]2O[C@H](CO[C@@H]3O[C@H](CO)[C@H](O)[C@H](O)[C@H]3O)[C@H](O)[C@H](O)[C@H]2O)[C@@H]1O. The van der Waals surface area contributed by atoms with Crippen molar-refractivity contribution in [2.75, 3.05) is 39.6 Å². The zero-order valence-corrected chi connectivity index (χ0v) is 38.9. The number of nitrogens with one attached hydrogen (secondary N) is 2. The summed E-state index contributed by atoms with van der Waals surface area (Å²) in [5.74, 6) is -1.56. The molecular weight excluding hydrogens is 1000 g/mol. The average molecular weight is 1070 g/mol. The lowest BCUT2D eigenvalue weighted by molar-refractivity contribution is -0.379. The Hall–Kier alpha value is -2.22. The highest BCUT2D eigenvalue weighted by Crippen LogP contribution is 2.35. The van der Waals surface area contributed by atoms with Crippen molar-refractivity contribution >= 4 is 11.8 Å². The Kier molecular flexibility index (Phi) is 21.3. The van der Waals surface area contributed by atoms with Crippen molar-refractivity contribution in [3.8, 4) is 0 Å². The van der Waals surface area contributed by atoms with Gasteiger partial charge in [0, 0.05) is 13.8 Å². The van der Waals surface area contributed by atoms with E-state index in [2.05, 4.69) is 10.6 Å². The molecule has 73 heavy (non-hydrogen) atoms. The molecule has 0 aromatic heterocycles. The second-order valence-corrected chi connectivity index (χ2v) is 18.3. The summed E-state index contributed by atoms with van der Waals surface area (Å²) in [4.78, 5) is 24.3. The maximum absolute atomic E-state index is 12.6. The van der Waals surface area contributed by atoms with Gasteiger partial charge in [0.1, 0.15) is 146 Å². The van der Waals surface area contributed by atoms with E-state index in [4.69, 9.17) is 52.1 Å². The van der Waals surface area contributed by atoms with Crippen LogP contribution in [0.4, 0.5) is 0 Å². The number of aliphatic hydroxyl groups is 18. The summed E-state index contributed by atoms with van der Waals surface area (Å²) < 4.78 is 62.2. The molecule has 6 rings (SSSR count). The van der Waals surface area contributed by atoms with Crippen molar-refractivity contribution in [1.82, 2.24) is 10.6 Å². The molecule has 6 aliphatic rings. The van der Waals surface area contributed by atoms with E-state index in [1.807, 2.05) is 0 Å².